The lowest BCUT2D eigenvalue weighted by Crippen LogP contribution is -2.13. The Bertz CT molecular complexity index is 1050. The van der Waals surface area contributed by atoms with E-state index < -0.39 is 41.3 Å². The van der Waals surface area contributed by atoms with E-state index >= 15 is 0 Å². The van der Waals surface area contributed by atoms with Gasteiger partial charge in [0.15, 0.2) is 23.1 Å². The standard InChI is InChI=1S/C16H12BrF4N5O/c1-7-12(17)15(24-25(7)2)16(27)23-8-4-22-26(5-8)6-9-10(18)3-11(19)14(21)13(9)20/h3-5H,6H2,1-2H3,(H,23,27). The highest BCUT2D eigenvalue weighted by atomic mass is 79.9. The van der Waals surface area contributed by atoms with Gasteiger partial charge in [-0.1, -0.05) is 0 Å². The van der Waals surface area contributed by atoms with Crippen molar-refractivity contribution in [2.24, 2.45) is 7.05 Å². The SMILES string of the molecule is Cc1c(Br)c(C(=O)Nc2cnn(Cc3c(F)cc(F)c(F)c3F)c2)nn1C. The van der Waals surface area contributed by atoms with Crippen molar-refractivity contribution >= 4 is 27.5 Å². The summed E-state index contributed by atoms with van der Waals surface area (Å²) in [5, 5.41) is 10.5. The van der Waals surface area contributed by atoms with E-state index in [4.69, 9.17) is 0 Å². The van der Waals surface area contributed by atoms with Crippen LogP contribution >= 0.6 is 15.9 Å². The highest BCUT2D eigenvalue weighted by molar-refractivity contribution is 9.10. The van der Waals surface area contributed by atoms with Crippen LogP contribution in [0.5, 0.6) is 0 Å². The van der Waals surface area contributed by atoms with Gasteiger partial charge < -0.3 is 5.32 Å². The lowest BCUT2D eigenvalue weighted by atomic mass is 10.2. The molecule has 1 N–H and O–H groups in total. The Balaban J connectivity index is 1.79. The first kappa shape index (κ1) is 19.1. The number of aromatic nitrogens is 4. The van der Waals surface area contributed by atoms with Gasteiger partial charge in [-0.2, -0.15) is 10.2 Å². The van der Waals surface area contributed by atoms with Gasteiger partial charge in [0.2, 0.25) is 0 Å². The second kappa shape index (κ2) is 7.14. The summed E-state index contributed by atoms with van der Waals surface area (Å²) >= 11 is 3.28. The zero-order valence-corrected chi connectivity index (χ0v) is 15.6. The van der Waals surface area contributed by atoms with E-state index in [-0.39, 0.29) is 17.4 Å². The maximum Gasteiger partial charge on any atom is 0.277 e. The number of carbonyl (C=O) groups is 1. The summed E-state index contributed by atoms with van der Waals surface area (Å²) in [4.78, 5) is 12.3. The molecule has 0 spiro atoms. The Morgan fingerprint density at radius 1 is 1.22 bits per heavy atom. The topological polar surface area (TPSA) is 64.7 Å². The molecule has 2 aromatic heterocycles. The van der Waals surface area contributed by atoms with Crippen LogP contribution in [0.1, 0.15) is 21.7 Å². The first-order valence-corrected chi connectivity index (χ1v) is 8.33. The zero-order chi connectivity index (χ0) is 19.9. The number of aryl methyl sites for hydroxylation is 1. The van der Waals surface area contributed by atoms with Gasteiger partial charge in [-0.05, 0) is 22.9 Å². The predicted octanol–water partition coefficient (Wildman–Crippen LogP) is 3.54. The molecule has 0 radical (unpaired) electrons. The van der Waals surface area contributed by atoms with E-state index in [2.05, 4.69) is 31.4 Å². The van der Waals surface area contributed by atoms with Crippen LogP contribution in [0.3, 0.4) is 0 Å². The molecular formula is C16H12BrF4N5O. The molecule has 2 heterocycles. The molecule has 1 amide bonds. The van der Waals surface area contributed by atoms with E-state index in [1.807, 2.05) is 0 Å². The van der Waals surface area contributed by atoms with Crippen molar-refractivity contribution in [1.29, 1.82) is 0 Å². The average molecular weight is 446 g/mol. The molecule has 6 nitrogen and oxygen atoms in total. The van der Waals surface area contributed by atoms with Crippen molar-refractivity contribution < 1.29 is 22.4 Å². The lowest BCUT2D eigenvalue weighted by molar-refractivity contribution is 0.102. The molecule has 0 saturated carbocycles. The molecule has 27 heavy (non-hydrogen) atoms. The fraction of sp³-hybridized carbons (Fsp3) is 0.188. The van der Waals surface area contributed by atoms with Crippen LogP contribution in [-0.4, -0.2) is 25.5 Å². The van der Waals surface area contributed by atoms with E-state index in [0.717, 1.165) is 10.4 Å². The molecule has 3 aromatic rings. The van der Waals surface area contributed by atoms with Crippen molar-refractivity contribution in [3.63, 3.8) is 0 Å². The molecular weight excluding hydrogens is 434 g/mol. The number of anilines is 1. The van der Waals surface area contributed by atoms with E-state index in [0.29, 0.717) is 4.47 Å². The van der Waals surface area contributed by atoms with E-state index in [1.165, 1.54) is 17.1 Å². The zero-order valence-electron chi connectivity index (χ0n) is 14.0. The highest BCUT2D eigenvalue weighted by Crippen LogP contribution is 2.22. The normalized spacial score (nSPS) is 11.1. The van der Waals surface area contributed by atoms with Gasteiger partial charge in [0, 0.05) is 24.9 Å². The van der Waals surface area contributed by atoms with Crippen molar-refractivity contribution in [2.75, 3.05) is 5.32 Å². The number of hydrogen-bond donors (Lipinski definition) is 1. The molecule has 0 saturated heterocycles. The third-order valence-electron chi connectivity index (χ3n) is 3.90. The van der Waals surface area contributed by atoms with Gasteiger partial charge in [-0.25, -0.2) is 17.6 Å². The number of benzene rings is 1. The Morgan fingerprint density at radius 3 is 2.56 bits per heavy atom. The van der Waals surface area contributed by atoms with E-state index in [1.54, 1.807) is 14.0 Å². The summed E-state index contributed by atoms with van der Waals surface area (Å²) in [6, 6.07) is 0.265. The van der Waals surface area contributed by atoms with Gasteiger partial charge in [-0.3, -0.25) is 14.2 Å². The molecule has 0 atom stereocenters. The number of halogens is 5. The first-order valence-electron chi connectivity index (χ1n) is 7.53. The Labute approximate surface area is 158 Å². The summed E-state index contributed by atoms with van der Waals surface area (Å²) in [6.45, 7) is 1.29. The van der Waals surface area contributed by atoms with Crippen molar-refractivity contribution in [3.05, 3.63) is 63.2 Å². The van der Waals surface area contributed by atoms with Crippen LogP contribution in [0.2, 0.25) is 0 Å². The maximum absolute atomic E-state index is 13.8. The second-order valence-corrected chi connectivity index (χ2v) is 6.49. The van der Waals surface area contributed by atoms with Crippen LogP contribution in [0, 0.1) is 30.2 Å². The summed E-state index contributed by atoms with van der Waals surface area (Å²) in [7, 11) is 1.68. The van der Waals surface area contributed by atoms with Gasteiger partial charge in [0.05, 0.1) is 28.6 Å². The molecule has 0 bridgehead atoms. The van der Waals surface area contributed by atoms with Gasteiger partial charge in [0.1, 0.15) is 5.82 Å². The predicted molar refractivity (Wildman–Crippen MR) is 91.2 cm³/mol. The average Bonchev–Trinajstić information content (AvgIpc) is 3.16. The van der Waals surface area contributed by atoms with Crippen molar-refractivity contribution in [2.45, 2.75) is 13.5 Å². The van der Waals surface area contributed by atoms with Crippen molar-refractivity contribution in [3.8, 4) is 0 Å². The van der Waals surface area contributed by atoms with Gasteiger partial charge in [0.25, 0.3) is 5.91 Å². The number of nitrogens with one attached hydrogen (secondary N) is 1. The smallest absolute Gasteiger partial charge is 0.277 e. The Morgan fingerprint density at radius 2 is 1.93 bits per heavy atom. The minimum atomic E-state index is -1.76. The molecule has 0 aliphatic rings. The summed E-state index contributed by atoms with van der Waals surface area (Å²) in [6.07, 6.45) is 2.54. The molecule has 11 heteroatoms. The first-order chi connectivity index (χ1) is 12.7. The minimum absolute atomic E-state index is 0.153. The molecule has 1 aromatic carbocycles. The third kappa shape index (κ3) is 3.59. The molecule has 0 aliphatic carbocycles. The molecule has 0 aliphatic heterocycles. The van der Waals surface area contributed by atoms with Crippen LogP contribution < -0.4 is 5.32 Å². The Hall–Kier alpha value is -2.69. The third-order valence-corrected chi connectivity index (χ3v) is 4.85. The van der Waals surface area contributed by atoms with E-state index in [9.17, 15) is 22.4 Å². The summed E-state index contributed by atoms with van der Waals surface area (Å²) in [5.74, 6) is -6.75. The molecule has 0 unspecified atom stereocenters. The van der Waals surface area contributed by atoms with Gasteiger partial charge in [-0.15, -0.1) is 0 Å². The van der Waals surface area contributed by atoms with Gasteiger partial charge >= 0.3 is 0 Å². The summed E-state index contributed by atoms with van der Waals surface area (Å²) < 4.78 is 56.9. The highest BCUT2D eigenvalue weighted by Gasteiger charge is 2.21. The summed E-state index contributed by atoms with van der Waals surface area (Å²) in [5.41, 5.74) is 0.456. The second-order valence-electron chi connectivity index (χ2n) is 5.70. The fourth-order valence-electron chi connectivity index (χ4n) is 2.34. The van der Waals surface area contributed by atoms with Crippen LogP contribution in [0.4, 0.5) is 23.2 Å². The minimum Gasteiger partial charge on any atom is -0.318 e. The van der Waals surface area contributed by atoms with Crippen LogP contribution in [0.15, 0.2) is 22.9 Å². The quantitative estimate of drug-likeness (QED) is 0.379. The van der Waals surface area contributed by atoms with Crippen LogP contribution in [-0.2, 0) is 13.6 Å². The number of nitrogens with zero attached hydrogens (tertiary/aromatic N) is 4. The largest absolute Gasteiger partial charge is 0.318 e. The lowest BCUT2D eigenvalue weighted by Gasteiger charge is -2.07. The number of hydrogen-bond acceptors (Lipinski definition) is 3. The number of rotatable bonds is 4. The fourth-order valence-corrected chi connectivity index (χ4v) is 2.86. The monoisotopic (exact) mass is 445 g/mol. The van der Waals surface area contributed by atoms with Crippen molar-refractivity contribution in [1.82, 2.24) is 19.6 Å². The molecule has 0 fully saturated rings. The number of carbonyl (C=O) groups excluding carboxylic acids is 1. The maximum atomic E-state index is 13.8. The van der Waals surface area contributed by atoms with Crippen LogP contribution in [0.25, 0.3) is 0 Å². The molecule has 142 valence electrons. The Kier molecular flexibility index (Phi) is 5.05. The number of amides is 1. The molecule has 3 rings (SSSR count).